The highest BCUT2D eigenvalue weighted by Crippen LogP contribution is 2.24. The number of rotatable bonds is 5. The van der Waals surface area contributed by atoms with E-state index in [1.807, 2.05) is 42.4 Å². The molecular weight excluding hydrogens is 407 g/mol. The molecule has 1 heterocycles. The van der Waals surface area contributed by atoms with Gasteiger partial charge in [0.2, 0.25) is 0 Å². The number of nitrogens with zero attached hydrogens (tertiary/aromatic N) is 5. The number of benzene rings is 1. The highest BCUT2D eigenvalue weighted by atomic mass is 127. The molecule has 0 spiro atoms. The molecule has 124 valence electrons. The van der Waals surface area contributed by atoms with Gasteiger partial charge in [0.05, 0.1) is 25.5 Å². The third kappa shape index (κ3) is 4.34. The number of nitrogens with two attached hydrogens (primary N) is 1. The molecule has 0 aliphatic heterocycles. The number of guanidine groups is 1. The predicted octanol–water partition coefficient (Wildman–Crippen LogP) is 1.80. The van der Waals surface area contributed by atoms with Gasteiger partial charge in [0, 0.05) is 13.1 Å². The average Bonchev–Trinajstić information content (AvgIpc) is 3.30. The Kier molecular flexibility index (Phi) is 5.80. The molecule has 8 heteroatoms. The van der Waals surface area contributed by atoms with Crippen LogP contribution in [0.4, 0.5) is 0 Å². The minimum Gasteiger partial charge on any atom is -0.497 e. The van der Waals surface area contributed by atoms with Crippen molar-refractivity contribution in [2.75, 3.05) is 14.2 Å². The smallest absolute Gasteiger partial charge is 0.191 e. The van der Waals surface area contributed by atoms with Gasteiger partial charge < -0.3 is 15.4 Å². The summed E-state index contributed by atoms with van der Waals surface area (Å²) in [6, 6.07) is 8.18. The van der Waals surface area contributed by atoms with Crippen molar-refractivity contribution in [2.24, 2.45) is 10.7 Å². The Hall–Kier alpha value is -1.84. The first-order valence-corrected chi connectivity index (χ1v) is 7.26. The first-order chi connectivity index (χ1) is 10.7. The van der Waals surface area contributed by atoms with Gasteiger partial charge in [0.1, 0.15) is 11.4 Å². The SMILES string of the molecule is COc1ccc(-n2cc(CN=C(N)N(C)C3CC3)nn2)cc1.I. The molecule has 0 amide bonds. The van der Waals surface area contributed by atoms with Crippen LogP contribution >= 0.6 is 24.0 Å². The second kappa shape index (κ2) is 7.62. The van der Waals surface area contributed by atoms with E-state index in [2.05, 4.69) is 15.3 Å². The maximum absolute atomic E-state index is 5.96. The van der Waals surface area contributed by atoms with Crippen LogP contribution in [0.25, 0.3) is 5.69 Å². The van der Waals surface area contributed by atoms with Crippen molar-refractivity contribution < 1.29 is 4.74 Å². The van der Waals surface area contributed by atoms with Crippen molar-refractivity contribution in [1.29, 1.82) is 0 Å². The first kappa shape index (κ1) is 17.5. The summed E-state index contributed by atoms with van der Waals surface area (Å²) in [6.07, 6.45) is 4.25. The number of aromatic nitrogens is 3. The lowest BCUT2D eigenvalue weighted by Crippen LogP contribution is -2.35. The summed E-state index contributed by atoms with van der Waals surface area (Å²) < 4.78 is 6.85. The lowest BCUT2D eigenvalue weighted by Gasteiger charge is -2.16. The van der Waals surface area contributed by atoms with Crippen LogP contribution in [-0.4, -0.2) is 46.1 Å². The molecule has 1 saturated carbocycles. The molecule has 2 aromatic rings. The first-order valence-electron chi connectivity index (χ1n) is 7.26. The zero-order valence-corrected chi connectivity index (χ0v) is 15.5. The summed E-state index contributed by atoms with van der Waals surface area (Å²) in [7, 11) is 3.62. The standard InChI is InChI=1S/C15H20N6O.HI/c1-20(12-3-4-12)15(16)17-9-11-10-21(19-18-11)13-5-7-14(22-2)8-6-13;/h5-8,10,12H,3-4,9H2,1-2H3,(H2,16,17);1H. The highest BCUT2D eigenvalue weighted by molar-refractivity contribution is 14.0. The van der Waals surface area contributed by atoms with Crippen LogP contribution in [0.3, 0.4) is 0 Å². The molecule has 0 saturated heterocycles. The normalized spacial score (nSPS) is 14.3. The number of hydrogen-bond acceptors (Lipinski definition) is 4. The summed E-state index contributed by atoms with van der Waals surface area (Å²) in [5, 5.41) is 8.24. The quantitative estimate of drug-likeness (QED) is 0.446. The van der Waals surface area contributed by atoms with E-state index in [1.54, 1.807) is 11.8 Å². The number of halogens is 1. The van der Waals surface area contributed by atoms with Gasteiger partial charge in [0.25, 0.3) is 0 Å². The minimum atomic E-state index is 0. The summed E-state index contributed by atoms with van der Waals surface area (Å²) in [5.41, 5.74) is 7.67. The summed E-state index contributed by atoms with van der Waals surface area (Å²) >= 11 is 0. The Morgan fingerprint density at radius 1 is 1.39 bits per heavy atom. The maximum atomic E-state index is 5.96. The van der Waals surface area contributed by atoms with Gasteiger partial charge in [-0.25, -0.2) is 9.67 Å². The van der Waals surface area contributed by atoms with Crippen molar-refractivity contribution in [1.82, 2.24) is 19.9 Å². The molecule has 3 rings (SSSR count). The van der Waals surface area contributed by atoms with E-state index in [4.69, 9.17) is 10.5 Å². The van der Waals surface area contributed by atoms with Crippen LogP contribution in [0.1, 0.15) is 18.5 Å². The van der Waals surface area contributed by atoms with Gasteiger partial charge in [0.15, 0.2) is 5.96 Å². The van der Waals surface area contributed by atoms with Crippen molar-refractivity contribution >= 4 is 29.9 Å². The fourth-order valence-corrected chi connectivity index (χ4v) is 2.15. The van der Waals surface area contributed by atoms with Gasteiger partial charge in [-0.2, -0.15) is 0 Å². The van der Waals surface area contributed by atoms with Gasteiger partial charge >= 0.3 is 0 Å². The number of ether oxygens (including phenoxy) is 1. The van der Waals surface area contributed by atoms with E-state index in [9.17, 15) is 0 Å². The second-order valence-electron chi connectivity index (χ2n) is 5.37. The van der Waals surface area contributed by atoms with E-state index < -0.39 is 0 Å². The van der Waals surface area contributed by atoms with Crippen LogP contribution in [0.2, 0.25) is 0 Å². The Balaban J connectivity index is 0.00000192. The zero-order valence-electron chi connectivity index (χ0n) is 13.2. The number of hydrogen-bond donors (Lipinski definition) is 1. The zero-order chi connectivity index (χ0) is 15.5. The molecule has 1 aliphatic carbocycles. The summed E-state index contributed by atoms with van der Waals surface area (Å²) in [4.78, 5) is 6.40. The second-order valence-corrected chi connectivity index (χ2v) is 5.37. The average molecular weight is 428 g/mol. The van der Waals surface area contributed by atoms with Crippen molar-refractivity contribution in [2.45, 2.75) is 25.4 Å². The van der Waals surface area contributed by atoms with Crippen LogP contribution in [0, 0.1) is 0 Å². The van der Waals surface area contributed by atoms with E-state index in [0.29, 0.717) is 18.5 Å². The molecule has 1 aromatic heterocycles. The fourth-order valence-electron chi connectivity index (χ4n) is 2.15. The highest BCUT2D eigenvalue weighted by Gasteiger charge is 2.27. The van der Waals surface area contributed by atoms with Gasteiger partial charge in [-0.05, 0) is 37.1 Å². The molecule has 0 atom stereocenters. The van der Waals surface area contributed by atoms with Crippen LogP contribution in [0.15, 0.2) is 35.5 Å². The van der Waals surface area contributed by atoms with Gasteiger partial charge in [-0.15, -0.1) is 29.1 Å². The molecule has 0 radical (unpaired) electrons. The molecule has 0 bridgehead atoms. The minimum absolute atomic E-state index is 0. The molecular formula is C15H21IN6O. The molecule has 1 aliphatic rings. The topological polar surface area (TPSA) is 81.6 Å². The molecule has 1 fully saturated rings. The third-order valence-electron chi connectivity index (χ3n) is 3.74. The largest absolute Gasteiger partial charge is 0.497 e. The van der Waals surface area contributed by atoms with Gasteiger partial charge in [-0.1, -0.05) is 5.21 Å². The molecule has 0 unspecified atom stereocenters. The van der Waals surface area contributed by atoms with Crippen molar-refractivity contribution in [3.8, 4) is 11.4 Å². The van der Waals surface area contributed by atoms with Crippen molar-refractivity contribution in [3.63, 3.8) is 0 Å². The molecule has 2 N–H and O–H groups in total. The van der Waals surface area contributed by atoms with E-state index in [-0.39, 0.29) is 24.0 Å². The van der Waals surface area contributed by atoms with Gasteiger partial charge in [-0.3, -0.25) is 0 Å². The Labute approximate surface area is 152 Å². The molecule has 23 heavy (non-hydrogen) atoms. The van der Waals surface area contributed by atoms with E-state index >= 15 is 0 Å². The fraction of sp³-hybridized carbons (Fsp3) is 0.400. The summed E-state index contributed by atoms with van der Waals surface area (Å²) in [6.45, 7) is 0.430. The number of aliphatic imine (C=N–C) groups is 1. The Morgan fingerprint density at radius 2 is 2.09 bits per heavy atom. The predicted molar refractivity (Wildman–Crippen MR) is 99.4 cm³/mol. The number of methoxy groups -OCH3 is 1. The van der Waals surface area contributed by atoms with E-state index in [1.165, 1.54) is 12.8 Å². The van der Waals surface area contributed by atoms with E-state index in [0.717, 1.165) is 17.1 Å². The van der Waals surface area contributed by atoms with Crippen LogP contribution < -0.4 is 10.5 Å². The lowest BCUT2D eigenvalue weighted by atomic mass is 10.3. The lowest BCUT2D eigenvalue weighted by molar-refractivity contribution is 0.414. The third-order valence-corrected chi connectivity index (χ3v) is 3.74. The molecule has 7 nitrogen and oxygen atoms in total. The maximum Gasteiger partial charge on any atom is 0.191 e. The van der Waals surface area contributed by atoms with Crippen LogP contribution in [0.5, 0.6) is 5.75 Å². The monoisotopic (exact) mass is 428 g/mol. The van der Waals surface area contributed by atoms with Crippen molar-refractivity contribution in [3.05, 3.63) is 36.2 Å². The molecule has 1 aromatic carbocycles. The Bertz CT molecular complexity index is 665. The summed E-state index contributed by atoms with van der Waals surface area (Å²) in [5.74, 6) is 1.37. The Morgan fingerprint density at radius 3 is 2.70 bits per heavy atom. The van der Waals surface area contributed by atoms with Crippen LogP contribution in [-0.2, 0) is 6.54 Å².